The molecule has 1 aliphatic heterocycles. The number of likely N-dealkylation sites (tertiary alicyclic amines) is 1. The Balaban J connectivity index is 2.05. The van der Waals surface area contributed by atoms with Crippen molar-refractivity contribution in [1.29, 1.82) is 0 Å². The molecule has 0 atom stereocenters. The van der Waals surface area contributed by atoms with E-state index in [-0.39, 0.29) is 13.0 Å². The lowest BCUT2D eigenvalue weighted by atomic mass is 10.1. The fraction of sp³-hybridized carbons (Fsp3) is 0.538. The largest absolute Gasteiger partial charge is 0.293 e. The van der Waals surface area contributed by atoms with E-state index in [4.69, 9.17) is 0 Å². The van der Waals surface area contributed by atoms with Crippen LogP contribution in [-0.2, 0) is 6.54 Å². The summed E-state index contributed by atoms with van der Waals surface area (Å²) in [5.74, 6) is -2.51. The van der Waals surface area contributed by atoms with Crippen molar-refractivity contribution in [2.45, 2.75) is 32.2 Å². The minimum absolute atomic E-state index is 0.0288. The first-order valence-corrected chi connectivity index (χ1v) is 6.60. The fourth-order valence-electron chi connectivity index (χ4n) is 2.34. The van der Waals surface area contributed by atoms with Gasteiger partial charge < -0.3 is 0 Å². The Morgan fingerprint density at radius 3 is 2.76 bits per heavy atom. The van der Waals surface area contributed by atoms with Crippen LogP contribution in [0.3, 0.4) is 0 Å². The number of hydrogen-bond acceptors (Lipinski definition) is 1. The first-order valence-electron chi connectivity index (χ1n) is 5.81. The van der Waals surface area contributed by atoms with Gasteiger partial charge >= 0.3 is 0 Å². The number of aryl methyl sites for hydroxylation is 1. The van der Waals surface area contributed by atoms with Crippen LogP contribution < -0.4 is 0 Å². The fourth-order valence-corrected chi connectivity index (χ4v) is 3.00. The molecule has 17 heavy (non-hydrogen) atoms. The summed E-state index contributed by atoms with van der Waals surface area (Å²) in [5, 5.41) is 0. The molecule has 1 aromatic rings. The predicted octanol–water partition coefficient (Wildman–Crippen LogP) is 3.99. The van der Waals surface area contributed by atoms with E-state index in [1.165, 1.54) is 0 Å². The Morgan fingerprint density at radius 1 is 1.35 bits per heavy atom. The van der Waals surface area contributed by atoms with E-state index in [1.54, 1.807) is 0 Å². The van der Waals surface area contributed by atoms with Crippen molar-refractivity contribution in [2.24, 2.45) is 0 Å². The number of rotatable bonds is 2. The van der Waals surface area contributed by atoms with Crippen molar-refractivity contribution in [3.8, 4) is 0 Å². The van der Waals surface area contributed by atoms with E-state index < -0.39 is 5.92 Å². The number of alkyl halides is 2. The lowest BCUT2D eigenvalue weighted by molar-refractivity contribution is -0.0661. The zero-order valence-electron chi connectivity index (χ0n) is 9.85. The van der Waals surface area contributed by atoms with Gasteiger partial charge in [0.15, 0.2) is 0 Å². The van der Waals surface area contributed by atoms with Crippen molar-refractivity contribution in [2.75, 3.05) is 13.1 Å². The summed E-state index contributed by atoms with van der Waals surface area (Å²) >= 11 is 3.43. The van der Waals surface area contributed by atoms with Crippen LogP contribution in [0.4, 0.5) is 8.78 Å². The molecule has 0 aromatic heterocycles. The van der Waals surface area contributed by atoms with Crippen LogP contribution in [0.1, 0.15) is 24.0 Å². The third kappa shape index (κ3) is 3.75. The molecular formula is C13H16BrF2N. The van der Waals surface area contributed by atoms with Gasteiger partial charge in [0.1, 0.15) is 0 Å². The SMILES string of the molecule is Cc1cc(Br)cc(CN2CCCC(F)(F)C2)c1. The molecule has 1 aliphatic rings. The second-order valence-corrected chi connectivity index (χ2v) is 5.72. The van der Waals surface area contributed by atoms with Gasteiger partial charge in [-0.2, -0.15) is 0 Å². The maximum Gasteiger partial charge on any atom is 0.260 e. The molecule has 0 N–H and O–H groups in total. The summed E-state index contributed by atoms with van der Waals surface area (Å²) in [6.45, 7) is 3.27. The van der Waals surface area contributed by atoms with E-state index in [2.05, 4.69) is 22.0 Å². The lowest BCUT2D eigenvalue weighted by Gasteiger charge is -2.32. The molecule has 1 heterocycles. The third-order valence-electron chi connectivity index (χ3n) is 2.98. The first-order chi connectivity index (χ1) is 7.94. The highest BCUT2D eigenvalue weighted by molar-refractivity contribution is 9.10. The van der Waals surface area contributed by atoms with Gasteiger partial charge in [-0.3, -0.25) is 4.90 Å². The number of hydrogen-bond donors (Lipinski definition) is 0. The molecule has 0 spiro atoms. The Morgan fingerprint density at radius 2 is 2.12 bits per heavy atom. The molecule has 0 aliphatic carbocycles. The topological polar surface area (TPSA) is 3.24 Å². The number of halogens is 3. The Hall–Kier alpha value is -0.480. The summed E-state index contributed by atoms with van der Waals surface area (Å²) in [6.07, 6.45) is 0.612. The van der Waals surface area contributed by atoms with Crippen LogP contribution in [0.15, 0.2) is 22.7 Å². The van der Waals surface area contributed by atoms with E-state index in [0.29, 0.717) is 13.0 Å². The average Bonchev–Trinajstić information content (AvgIpc) is 2.13. The van der Waals surface area contributed by atoms with Crippen LogP contribution in [0.2, 0.25) is 0 Å². The van der Waals surface area contributed by atoms with Gasteiger partial charge in [0, 0.05) is 17.4 Å². The number of nitrogens with zero attached hydrogens (tertiary/aromatic N) is 1. The van der Waals surface area contributed by atoms with Crippen LogP contribution in [0, 0.1) is 6.92 Å². The Labute approximate surface area is 109 Å². The normalized spacial score (nSPS) is 20.5. The van der Waals surface area contributed by atoms with Gasteiger partial charge in [0.05, 0.1) is 6.54 Å². The van der Waals surface area contributed by atoms with Crippen molar-refractivity contribution in [3.05, 3.63) is 33.8 Å². The molecule has 1 fully saturated rings. The van der Waals surface area contributed by atoms with Crippen molar-refractivity contribution < 1.29 is 8.78 Å². The van der Waals surface area contributed by atoms with Crippen LogP contribution in [0.25, 0.3) is 0 Å². The quantitative estimate of drug-likeness (QED) is 0.798. The molecule has 2 rings (SSSR count). The highest BCUT2D eigenvalue weighted by atomic mass is 79.9. The molecule has 0 amide bonds. The maximum atomic E-state index is 13.3. The second kappa shape index (κ2) is 5.02. The van der Waals surface area contributed by atoms with Crippen molar-refractivity contribution in [3.63, 3.8) is 0 Å². The highest BCUT2D eigenvalue weighted by Crippen LogP contribution is 2.27. The molecule has 0 bridgehead atoms. The molecule has 1 nitrogen and oxygen atoms in total. The molecule has 0 unspecified atom stereocenters. The summed E-state index contributed by atoms with van der Waals surface area (Å²) in [7, 11) is 0. The zero-order valence-corrected chi connectivity index (χ0v) is 11.4. The molecule has 1 saturated heterocycles. The third-order valence-corrected chi connectivity index (χ3v) is 3.44. The summed E-state index contributed by atoms with van der Waals surface area (Å²) in [5.41, 5.74) is 2.24. The Bertz CT molecular complexity index is 386. The smallest absolute Gasteiger partial charge is 0.260 e. The van der Waals surface area contributed by atoms with Gasteiger partial charge in [-0.05, 0) is 43.1 Å². The van der Waals surface area contributed by atoms with Crippen LogP contribution in [-0.4, -0.2) is 23.9 Å². The number of benzene rings is 1. The predicted molar refractivity (Wildman–Crippen MR) is 68.3 cm³/mol. The molecule has 0 saturated carbocycles. The summed E-state index contributed by atoms with van der Waals surface area (Å²) in [4.78, 5) is 1.84. The molecule has 4 heteroatoms. The summed E-state index contributed by atoms with van der Waals surface area (Å²) in [6, 6.07) is 6.07. The highest BCUT2D eigenvalue weighted by Gasteiger charge is 2.34. The molecule has 1 aromatic carbocycles. The first kappa shape index (κ1) is 13.0. The van der Waals surface area contributed by atoms with E-state index in [1.807, 2.05) is 24.0 Å². The van der Waals surface area contributed by atoms with E-state index >= 15 is 0 Å². The van der Waals surface area contributed by atoms with E-state index in [9.17, 15) is 8.78 Å². The van der Waals surface area contributed by atoms with Gasteiger partial charge in [0.2, 0.25) is 0 Å². The molecular weight excluding hydrogens is 288 g/mol. The zero-order chi connectivity index (χ0) is 12.5. The van der Waals surface area contributed by atoms with Gasteiger partial charge in [-0.15, -0.1) is 0 Å². The van der Waals surface area contributed by atoms with E-state index in [0.717, 1.165) is 22.1 Å². The minimum Gasteiger partial charge on any atom is -0.293 e. The second-order valence-electron chi connectivity index (χ2n) is 4.81. The number of piperidine rings is 1. The lowest BCUT2D eigenvalue weighted by Crippen LogP contribution is -2.42. The minimum atomic E-state index is -2.51. The van der Waals surface area contributed by atoms with Crippen LogP contribution in [0.5, 0.6) is 0 Å². The Kier molecular flexibility index (Phi) is 3.83. The van der Waals surface area contributed by atoms with Crippen molar-refractivity contribution >= 4 is 15.9 Å². The van der Waals surface area contributed by atoms with Gasteiger partial charge in [0.25, 0.3) is 5.92 Å². The maximum absolute atomic E-state index is 13.3. The summed E-state index contributed by atoms with van der Waals surface area (Å²) < 4.78 is 27.5. The molecule has 0 radical (unpaired) electrons. The monoisotopic (exact) mass is 303 g/mol. The van der Waals surface area contributed by atoms with Gasteiger partial charge in [-0.25, -0.2) is 8.78 Å². The molecule has 94 valence electrons. The van der Waals surface area contributed by atoms with Crippen LogP contribution >= 0.6 is 15.9 Å². The standard InChI is InChI=1S/C13H16BrF2N/c1-10-5-11(7-12(14)6-10)8-17-4-2-3-13(15,16)9-17/h5-7H,2-4,8-9H2,1H3. The van der Waals surface area contributed by atoms with Crippen molar-refractivity contribution in [1.82, 2.24) is 4.90 Å². The van der Waals surface area contributed by atoms with Gasteiger partial charge in [-0.1, -0.05) is 22.0 Å². The average molecular weight is 304 g/mol.